The van der Waals surface area contributed by atoms with E-state index in [4.69, 9.17) is 9.47 Å². The van der Waals surface area contributed by atoms with Gasteiger partial charge in [0, 0.05) is 19.2 Å². The number of nitrogens with one attached hydrogen (secondary N) is 1. The van der Waals surface area contributed by atoms with E-state index in [0.717, 1.165) is 31.7 Å². The molecule has 2 saturated heterocycles. The fourth-order valence-corrected chi connectivity index (χ4v) is 2.73. The SMILES string of the molecule is c1cncc(O[C@@H]2CO[C@]3(CCCNC3)C2)c1. The lowest BCUT2D eigenvalue weighted by Gasteiger charge is -2.32. The molecule has 3 rings (SSSR count). The van der Waals surface area contributed by atoms with Crippen LogP contribution in [0.2, 0.25) is 0 Å². The molecule has 17 heavy (non-hydrogen) atoms. The zero-order chi connectivity index (χ0) is 11.6. The molecule has 3 heterocycles. The van der Waals surface area contributed by atoms with Crippen molar-refractivity contribution in [2.45, 2.75) is 31.0 Å². The quantitative estimate of drug-likeness (QED) is 0.839. The van der Waals surface area contributed by atoms with Crippen molar-refractivity contribution in [3.8, 4) is 5.75 Å². The standard InChI is InChI=1S/C13H18N2O2/c1-3-11(8-14-5-1)17-12-7-13(16-9-12)4-2-6-15-10-13/h1,3,5,8,12,15H,2,4,6-7,9-10H2/t12-,13+/m0/s1. The van der Waals surface area contributed by atoms with E-state index < -0.39 is 0 Å². The summed E-state index contributed by atoms with van der Waals surface area (Å²) in [4.78, 5) is 4.05. The van der Waals surface area contributed by atoms with Gasteiger partial charge in [-0.3, -0.25) is 4.98 Å². The van der Waals surface area contributed by atoms with Crippen molar-refractivity contribution < 1.29 is 9.47 Å². The molecule has 2 aliphatic heterocycles. The lowest BCUT2D eigenvalue weighted by atomic mass is 9.90. The Morgan fingerprint density at radius 3 is 3.29 bits per heavy atom. The Hall–Kier alpha value is -1.13. The molecule has 2 atom stereocenters. The third-order valence-corrected chi connectivity index (χ3v) is 3.55. The second-order valence-corrected chi connectivity index (χ2v) is 4.91. The number of ether oxygens (including phenoxy) is 2. The molecule has 0 bridgehead atoms. The van der Waals surface area contributed by atoms with Gasteiger partial charge < -0.3 is 14.8 Å². The van der Waals surface area contributed by atoms with Gasteiger partial charge >= 0.3 is 0 Å². The van der Waals surface area contributed by atoms with Crippen molar-refractivity contribution in [2.24, 2.45) is 0 Å². The summed E-state index contributed by atoms with van der Waals surface area (Å²) in [5.41, 5.74) is 0.0190. The Balaban J connectivity index is 1.60. The first-order valence-corrected chi connectivity index (χ1v) is 6.28. The van der Waals surface area contributed by atoms with Crippen molar-refractivity contribution in [3.05, 3.63) is 24.5 Å². The molecule has 1 N–H and O–H groups in total. The molecule has 1 aromatic heterocycles. The Bertz CT molecular complexity index is 363. The minimum atomic E-state index is 0.0190. The van der Waals surface area contributed by atoms with Crippen LogP contribution in [0.15, 0.2) is 24.5 Å². The highest BCUT2D eigenvalue weighted by molar-refractivity contribution is 5.16. The van der Waals surface area contributed by atoms with Crippen LogP contribution in [0.5, 0.6) is 5.75 Å². The highest BCUT2D eigenvalue weighted by Crippen LogP contribution is 2.33. The van der Waals surface area contributed by atoms with E-state index in [-0.39, 0.29) is 11.7 Å². The second kappa shape index (κ2) is 4.63. The van der Waals surface area contributed by atoms with E-state index in [1.807, 2.05) is 12.1 Å². The minimum Gasteiger partial charge on any atom is -0.486 e. The molecule has 0 unspecified atom stereocenters. The van der Waals surface area contributed by atoms with Gasteiger partial charge in [0.05, 0.1) is 18.4 Å². The van der Waals surface area contributed by atoms with Crippen molar-refractivity contribution in [3.63, 3.8) is 0 Å². The fraction of sp³-hybridized carbons (Fsp3) is 0.615. The summed E-state index contributed by atoms with van der Waals surface area (Å²) in [6, 6.07) is 3.83. The van der Waals surface area contributed by atoms with Crippen molar-refractivity contribution in [2.75, 3.05) is 19.7 Å². The number of piperidine rings is 1. The van der Waals surface area contributed by atoms with Crippen molar-refractivity contribution in [1.29, 1.82) is 0 Å². The zero-order valence-corrected chi connectivity index (χ0v) is 9.89. The highest BCUT2D eigenvalue weighted by Gasteiger charge is 2.42. The van der Waals surface area contributed by atoms with Gasteiger partial charge in [-0.1, -0.05) is 0 Å². The van der Waals surface area contributed by atoms with E-state index in [9.17, 15) is 0 Å². The van der Waals surface area contributed by atoms with E-state index in [1.165, 1.54) is 6.42 Å². The van der Waals surface area contributed by atoms with Crippen LogP contribution < -0.4 is 10.1 Å². The van der Waals surface area contributed by atoms with E-state index in [2.05, 4.69) is 10.3 Å². The molecule has 0 saturated carbocycles. The first-order chi connectivity index (χ1) is 8.36. The molecule has 1 spiro atoms. The average Bonchev–Trinajstić information content (AvgIpc) is 2.74. The molecule has 0 aliphatic carbocycles. The summed E-state index contributed by atoms with van der Waals surface area (Å²) < 4.78 is 11.8. The molecule has 1 aromatic rings. The van der Waals surface area contributed by atoms with Crippen molar-refractivity contribution >= 4 is 0 Å². The topological polar surface area (TPSA) is 43.4 Å². The summed E-state index contributed by atoms with van der Waals surface area (Å²) in [5.74, 6) is 0.835. The predicted octanol–water partition coefficient (Wildman–Crippen LogP) is 1.37. The molecule has 4 nitrogen and oxygen atoms in total. The fourth-order valence-electron chi connectivity index (χ4n) is 2.73. The zero-order valence-electron chi connectivity index (χ0n) is 9.89. The monoisotopic (exact) mass is 234 g/mol. The van der Waals surface area contributed by atoms with Gasteiger partial charge in [0.1, 0.15) is 11.9 Å². The number of hydrogen-bond acceptors (Lipinski definition) is 4. The van der Waals surface area contributed by atoms with Gasteiger partial charge in [0.2, 0.25) is 0 Å². The minimum absolute atomic E-state index is 0.0190. The van der Waals surface area contributed by atoms with Gasteiger partial charge in [-0.15, -0.1) is 0 Å². The molecular weight excluding hydrogens is 216 g/mol. The molecule has 0 aromatic carbocycles. The Morgan fingerprint density at radius 1 is 1.53 bits per heavy atom. The molecule has 0 radical (unpaired) electrons. The smallest absolute Gasteiger partial charge is 0.138 e. The summed E-state index contributed by atoms with van der Waals surface area (Å²) in [6.45, 7) is 2.76. The number of hydrogen-bond donors (Lipinski definition) is 1. The largest absolute Gasteiger partial charge is 0.486 e. The van der Waals surface area contributed by atoms with Gasteiger partial charge in [-0.25, -0.2) is 0 Å². The summed E-state index contributed by atoms with van der Waals surface area (Å²) in [5, 5.41) is 3.41. The second-order valence-electron chi connectivity index (χ2n) is 4.91. The van der Waals surface area contributed by atoms with Gasteiger partial charge in [-0.05, 0) is 31.5 Å². The van der Waals surface area contributed by atoms with Crippen LogP contribution in [0, 0.1) is 0 Å². The molecular formula is C13H18N2O2. The number of nitrogens with zero attached hydrogens (tertiary/aromatic N) is 1. The molecule has 92 valence electrons. The Morgan fingerprint density at radius 2 is 2.53 bits per heavy atom. The predicted molar refractivity (Wildman–Crippen MR) is 64.1 cm³/mol. The number of pyridine rings is 1. The van der Waals surface area contributed by atoms with Crippen LogP contribution in [0.1, 0.15) is 19.3 Å². The Labute approximate surface area is 101 Å². The van der Waals surface area contributed by atoms with E-state index in [1.54, 1.807) is 12.4 Å². The molecule has 2 aliphatic rings. The number of aromatic nitrogens is 1. The normalized spacial score (nSPS) is 32.8. The maximum Gasteiger partial charge on any atom is 0.138 e. The first-order valence-electron chi connectivity index (χ1n) is 6.28. The lowest BCUT2D eigenvalue weighted by Crippen LogP contribution is -2.45. The van der Waals surface area contributed by atoms with E-state index >= 15 is 0 Å². The van der Waals surface area contributed by atoms with Gasteiger partial charge in [-0.2, -0.15) is 0 Å². The first kappa shape index (κ1) is 11.0. The maximum absolute atomic E-state index is 5.96. The third-order valence-electron chi connectivity index (χ3n) is 3.55. The van der Waals surface area contributed by atoms with Crippen LogP contribution in [-0.2, 0) is 4.74 Å². The maximum atomic E-state index is 5.96. The average molecular weight is 234 g/mol. The van der Waals surface area contributed by atoms with Crippen LogP contribution >= 0.6 is 0 Å². The summed E-state index contributed by atoms with van der Waals surface area (Å²) >= 11 is 0. The van der Waals surface area contributed by atoms with Crippen LogP contribution in [0.25, 0.3) is 0 Å². The highest BCUT2D eigenvalue weighted by atomic mass is 16.6. The Kier molecular flexibility index (Phi) is 2.99. The summed E-state index contributed by atoms with van der Waals surface area (Å²) in [7, 11) is 0. The number of rotatable bonds is 2. The van der Waals surface area contributed by atoms with Crippen molar-refractivity contribution in [1.82, 2.24) is 10.3 Å². The molecule has 2 fully saturated rings. The lowest BCUT2D eigenvalue weighted by molar-refractivity contribution is -0.0153. The van der Waals surface area contributed by atoms with Crippen LogP contribution in [-0.4, -0.2) is 36.4 Å². The van der Waals surface area contributed by atoms with Crippen LogP contribution in [0.4, 0.5) is 0 Å². The van der Waals surface area contributed by atoms with Gasteiger partial charge in [0.25, 0.3) is 0 Å². The van der Waals surface area contributed by atoms with E-state index in [0.29, 0.717) is 6.61 Å². The molecule has 0 amide bonds. The van der Waals surface area contributed by atoms with Gasteiger partial charge in [0.15, 0.2) is 0 Å². The summed E-state index contributed by atoms with van der Waals surface area (Å²) in [6.07, 6.45) is 7.00. The van der Waals surface area contributed by atoms with Crippen LogP contribution in [0.3, 0.4) is 0 Å². The molecule has 4 heteroatoms. The third kappa shape index (κ3) is 2.42.